The van der Waals surface area contributed by atoms with Gasteiger partial charge in [0.1, 0.15) is 11.6 Å². The summed E-state index contributed by atoms with van der Waals surface area (Å²) in [7, 11) is 0. The second kappa shape index (κ2) is 7.31. The lowest BCUT2D eigenvalue weighted by molar-refractivity contribution is 0.100. The lowest BCUT2D eigenvalue weighted by Gasteiger charge is -2.12. The SMILES string of the molecule is NC(=O)c1cc(F)cc2c1cnn2-c1nc2c(c(NCc3cccc(F)c3)n1)OCC2. The molecule has 0 fully saturated rings. The largest absolute Gasteiger partial charge is 0.487 e. The Kier molecular flexibility index (Phi) is 4.46. The van der Waals surface area contributed by atoms with Gasteiger partial charge in [-0.15, -0.1) is 0 Å². The molecule has 0 radical (unpaired) electrons. The molecule has 5 rings (SSSR count). The molecule has 0 atom stereocenters. The molecule has 1 amide bonds. The van der Waals surface area contributed by atoms with Gasteiger partial charge in [0.05, 0.1) is 29.6 Å². The molecule has 2 aromatic carbocycles. The molecule has 156 valence electrons. The Labute approximate surface area is 174 Å². The number of anilines is 1. The minimum absolute atomic E-state index is 0.0233. The third-order valence-corrected chi connectivity index (χ3v) is 4.97. The molecule has 2 aromatic heterocycles. The number of amides is 1. The van der Waals surface area contributed by atoms with E-state index in [-0.39, 0.29) is 17.3 Å². The molecule has 4 aromatic rings. The zero-order valence-corrected chi connectivity index (χ0v) is 16.1. The van der Waals surface area contributed by atoms with Gasteiger partial charge >= 0.3 is 0 Å². The van der Waals surface area contributed by atoms with Gasteiger partial charge in [-0.2, -0.15) is 14.8 Å². The second-order valence-corrected chi connectivity index (χ2v) is 7.04. The average Bonchev–Trinajstić information content (AvgIpc) is 3.38. The first-order valence-corrected chi connectivity index (χ1v) is 9.49. The summed E-state index contributed by atoms with van der Waals surface area (Å²) in [5, 5.41) is 7.79. The fourth-order valence-electron chi connectivity index (χ4n) is 3.56. The van der Waals surface area contributed by atoms with E-state index >= 15 is 0 Å². The van der Waals surface area contributed by atoms with Crippen LogP contribution in [0.1, 0.15) is 21.6 Å². The predicted molar refractivity (Wildman–Crippen MR) is 108 cm³/mol. The number of primary amides is 1. The van der Waals surface area contributed by atoms with Crippen LogP contribution < -0.4 is 15.8 Å². The summed E-state index contributed by atoms with van der Waals surface area (Å²) in [6.45, 7) is 0.757. The molecule has 0 spiro atoms. The average molecular weight is 422 g/mol. The zero-order chi connectivity index (χ0) is 21.5. The first-order chi connectivity index (χ1) is 15.0. The van der Waals surface area contributed by atoms with Gasteiger partial charge in [-0.3, -0.25) is 4.79 Å². The predicted octanol–water partition coefficient (Wildman–Crippen LogP) is 2.74. The molecule has 0 unspecified atom stereocenters. The quantitative estimate of drug-likeness (QED) is 0.512. The van der Waals surface area contributed by atoms with Crippen LogP contribution in [0.25, 0.3) is 16.9 Å². The Hall–Kier alpha value is -4.08. The van der Waals surface area contributed by atoms with E-state index in [1.165, 1.54) is 29.1 Å². The van der Waals surface area contributed by atoms with E-state index in [9.17, 15) is 13.6 Å². The highest BCUT2D eigenvalue weighted by Crippen LogP contribution is 2.33. The van der Waals surface area contributed by atoms with E-state index in [1.54, 1.807) is 12.1 Å². The van der Waals surface area contributed by atoms with Crippen molar-refractivity contribution >= 4 is 22.6 Å². The maximum absolute atomic E-state index is 14.1. The van der Waals surface area contributed by atoms with Gasteiger partial charge in [-0.25, -0.2) is 13.8 Å². The van der Waals surface area contributed by atoms with E-state index in [1.807, 2.05) is 0 Å². The van der Waals surface area contributed by atoms with Crippen molar-refractivity contribution in [3.8, 4) is 11.7 Å². The number of fused-ring (bicyclic) bond motifs is 2. The molecule has 31 heavy (non-hydrogen) atoms. The van der Waals surface area contributed by atoms with Gasteiger partial charge in [0.25, 0.3) is 5.95 Å². The molecule has 3 heterocycles. The monoisotopic (exact) mass is 422 g/mol. The highest BCUT2D eigenvalue weighted by Gasteiger charge is 2.23. The Morgan fingerprint density at radius 1 is 1.19 bits per heavy atom. The van der Waals surface area contributed by atoms with Crippen molar-refractivity contribution in [1.29, 1.82) is 0 Å². The number of hydrogen-bond donors (Lipinski definition) is 2. The number of carbonyl (C=O) groups excluding carboxylic acids is 1. The third kappa shape index (κ3) is 3.41. The zero-order valence-electron chi connectivity index (χ0n) is 16.1. The van der Waals surface area contributed by atoms with E-state index in [0.717, 1.165) is 11.6 Å². The van der Waals surface area contributed by atoms with Crippen molar-refractivity contribution in [1.82, 2.24) is 19.7 Å². The van der Waals surface area contributed by atoms with Crippen LogP contribution in [-0.4, -0.2) is 32.3 Å². The summed E-state index contributed by atoms with van der Waals surface area (Å²) >= 11 is 0. The van der Waals surface area contributed by atoms with Gasteiger partial charge in [-0.05, 0) is 23.8 Å². The molecule has 0 aliphatic carbocycles. The fraction of sp³-hybridized carbons (Fsp3) is 0.143. The van der Waals surface area contributed by atoms with Gasteiger partial charge in [-0.1, -0.05) is 12.1 Å². The third-order valence-electron chi connectivity index (χ3n) is 4.97. The van der Waals surface area contributed by atoms with Crippen molar-refractivity contribution in [2.75, 3.05) is 11.9 Å². The van der Waals surface area contributed by atoms with Crippen LogP contribution in [0.4, 0.5) is 14.6 Å². The Morgan fingerprint density at radius 2 is 2.06 bits per heavy atom. The van der Waals surface area contributed by atoms with Crippen LogP contribution in [-0.2, 0) is 13.0 Å². The summed E-state index contributed by atoms with van der Waals surface area (Å²) in [6.07, 6.45) is 1.99. The van der Waals surface area contributed by atoms with Gasteiger partial charge in [0, 0.05) is 24.4 Å². The van der Waals surface area contributed by atoms with Crippen molar-refractivity contribution in [3.05, 3.63) is 71.1 Å². The molecule has 3 N–H and O–H groups in total. The molecule has 1 aliphatic rings. The van der Waals surface area contributed by atoms with Gasteiger partial charge < -0.3 is 15.8 Å². The maximum Gasteiger partial charge on any atom is 0.253 e. The number of benzene rings is 2. The van der Waals surface area contributed by atoms with Crippen molar-refractivity contribution in [3.63, 3.8) is 0 Å². The Morgan fingerprint density at radius 3 is 2.87 bits per heavy atom. The highest BCUT2D eigenvalue weighted by atomic mass is 19.1. The van der Waals surface area contributed by atoms with E-state index < -0.39 is 11.7 Å². The molecular formula is C21H16F2N6O2. The number of rotatable bonds is 5. The minimum Gasteiger partial charge on any atom is -0.487 e. The number of nitrogens with zero attached hydrogens (tertiary/aromatic N) is 4. The summed E-state index contributed by atoms with van der Waals surface area (Å²) in [4.78, 5) is 20.7. The Bertz CT molecular complexity index is 1340. The Balaban J connectivity index is 1.58. The first kappa shape index (κ1) is 18.9. The van der Waals surface area contributed by atoms with Crippen LogP contribution in [0.2, 0.25) is 0 Å². The van der Waals surface area contributed by atoms with Crippen molar-refractivity contribution in [2.24, 2.45) is 5.73 Å². The number of carbonyl (C=O) groups is 1. The number of nitrogens with one attached hydrogen (secondary N) is 1. The molecule has 0 bridgehead atoms. The standard InChI is InChI=1S/C21H16F2N6O2/c22-12-3-1-2-11(6-12)9-25-20-18-16(4-5-31-18)27-21(28-20)29-17-8-13(23)7-14(19(24)30)15(17)10-26-29/h1-3,6-8,10H,4-5,9H2,(H2,24,30)(H,25,27,28). The van der Waals surface area contributed by atoms with Crippen LogP contribution >= 0.6 is 0 Å². The minimum atomic E-state index is -0.759. The summed E-state index contributed by atoms with van der Waals surface area (Å²) in [5.74, 6) is -0.610. The van der Waals surface area contributed by atoms with E-state index in [2.05, 4.69) is 20.4 Å². The second-order valence-electron chi connectivity index (χ2n) is 7.04. The smallest absolute Gasteiger partial charge is 0.253 e. The van der Waals surface area contributed by atoms with Crippen LogP contribution in [0.5, 0.6) is 5.75 Å². The number of hydrogen-bond acceptors (Lipinski definition) is 6. The maximum atomic E-state index is 14.1. The molecule has 10 heteroatoms. The molecule has 8 nitrogen and oxygen atoms in total. The number of halogens is 2. The van der Waals surface area contributed by atoms with E-state index in [0.29, 0.717) is 47.7 Å². The molecule has 1 aliphatic heterocycles. The number of nitrogens with two attached hydrogens (primary N) is 1. The number of ether oxygens (including phenoxy) is 1. The summed E-state index contributed by atoms with van der Waals surface area (Å²) < 4.78 is 34.6. The first-order valence-electron chi connectivity index (χ1n) is 9.49. The summed E-state index contributed by atoms with van der Waals surface area (Å²) in [5.41, 5.74) is 7.10. The lowest BCUT2D eigenvalue weighted by Crippen LogP contribution is -2.12. The molecule has 0 saturated carbocycles. The van der Waals surface area contributed by atoms with Crippen LogP contribution in [0.15, 0.2) is 42.6 Å². The highest BCUT2D eigenvalue weighted by molar-refractivity contribution is 6.05. The lowest BCUT2D eigenvalue weighted by atomic mass is 10.1. The normalized spacial score (nSPS) is 12.6. The van der Waals surface area contributed by atoms with E-state index in [4.69, 9.17) is 10.5 Å². The number of aromatic nitrogens is 4. The topological polar surface area (TPSA) is 108 Å². The van der Waals surface area contributed by atoms with Gasteiger partial charge in [0.15, 0.2) is 11.6 Å². The van der Waals surface area contributed by atoms with Crippen molar-refractivity contribution in [2.45, 2.75) is 13.0 Å². The van der Waals surface area contributed by atoms with Gasteiger partial charge in [0.2, 0.25) is 5.91 Å². The summed E-state index contributed by atoms with van der Waals surface area (Å²) in [6, 6.07) is 8.51. The molecule has 0 saturated heterocycles. The van der Waals surface area contributed by atoms with Crippen LogP contribution in [0, 0.1) is 11.6 Å². The van der Waals surface area contributed by atoms with Crippen LogP contribution in [0.3, 0.4) is 0 Å². The fourth-order valence-corrected chi connectivity index (χ4v) is 3.56. The molecular weight excluding hydrogens is 406 g/mol. The van der Waals surface area contributed by atoms with Crippen molar-refractivity contribution < 1.29 is 18.3 Å².